The van der Waals surface area contributed by atoms with Crippen LogP contribution in [0.1, 0.15) is 24.1 Å². The topological polar surface area (TPSA) is 65.4 Å². The summed E-state index contributed by atoms with van der Waals surface area (Å²) in [4.78, 5) is 4.03. The zero-order valence-corrected chi connectivity index (χ0v) is 11.5. The summed E-state index contributed by atoms with van der Waals surface area (Å²) < 4.78 is 0. The second-order valence-corrected chi connectivity index (χ2v) is 5.16. The summed E-state index contributed by atoms with van der Waals surface area (Å²) in [5.41, 5.74) is 1.03. The summed E-state index contributed by atoms with van der Waals surface area (Å²) >= 11 is 0. The van der Waals surface area contributed by atoms with Crippen LogP contribution in [0.4, 0.5) is 0 Å². The quantitative estimate of drug-likeness (QED) is 0.745. The van der Waals surface area contributed by atoms with Gasteiger partial charge in [0.2, 0.25) is 0 Å². The number of benzene rings is 1. The fraction of sp³-hybridized carbons (Fsp3) is 0.312. The lowest BCUT2D eigenvalue weighted by molar-refractivity contribution is 0.00149. The molecule has 2 rings (SSSR count). The van der Waals surface area contributed by atoms with Crippen LogP contribution >= 0.6 is 0 Å². The van der Waals surface area contributed by atoms with E-state index in [1.54, 1.807) is 19.3 Å². The van der Waals surface area contributed by atoms with Gasteiger partial charge in [0, 0.05) is 18.9 Å². The molecule has 1 heterocycles. The first-order chi connectivity index (χ1) is 9.62. The van der Waals surface area contributed by atoms with E-state index in [9.17, 15) is 5.11 Å². The second-order valence-electron chi connectivity index (χ2n) is 5.16. The predicted octanol–water partition coefficient (Wildman–Crippen LogP) is 1.50. The zero-order chi connectivity index (χ0) is 14.4. The first-order valence-electron chi connectivity index (χ1n) is 6.64. The van der Waals surface area contributed by atoms with Gasteiger partial charge >= 0.3 is 0 Å². The van der Waals surface area contributed by atoms with Crippen LogP contribution in [0.25, 0.3) is 0 Å². The fourth-order valence-corrected chi connectivity index (χ4v) is 2.01. The number of pyridine rings is 1. The zero-order valence-electron chi connectivity index (χ0n) is 11.5. The molecule has 20 heavy (non-hydrogen) atoms. The lowest BCUT2D eigenvalue weighted by Crippen LogP contribution is -2.42. The Balaban J connectivity index is 2.22. The highest BCUT2D eigenvalue weighted by molar-refractivity contribution is 5.30. The summed E-state index contributed by atoms with van der Waals surface area (Å²) in [6.07, 6.45) is 3.49. The van der Waals surface area contributed by atoms with Gasteiger partial charge in [0.1, 0.15) is 0 Å². The average molecular weight is 272 g/mol. The molecule has 0 radical (unpaired) electrons. The van der Waals surface area contributed by atoms with E-state index in [1.165, 1.54) is 0 Å². The molecule has 0 saturated heterocycles. The lowest BCUT2D eigenvalue weighted by atomic mass is 9.98. The Labute approximate surface area is 119 Å². The third-order valence-corrected chi connectivity index (χ3v) is 3.20. The molecule has 1 aromatic heterocycles. The molecule has 2 unspecified atom stereocenters. The lowest BCUT2D eigenvalue weighted by Gasteiger charge is -2.26. The van der Waals surface area contributed by atoms with Crippen molar-refractivity contribution in [1.82, 2.24) is 10.3 Å². The van der Waals surface area contributed by atoms with E-state index in [0.717, 1.165) is 11.1 Å². The van der Waals surface area contributed by atoms with E-state index in [0.29, 0.717) is 6.54 Å². The van der Waals surface area contributed by atoms with Gasteiger partial charge in [-0.05, 0) is 30.2 Å². The van der Waals surface area contributed by atoms with Crippen molar-refractivity contribution >= 4 is 0 Å². The number of nitrogens with one attached hydrogen (secondary N) is 1. The van der Waals surface area contributed by atoms with E-state index in [1.807, 2.05) is 42.5 Å². The normalized spacial score (nSPS) is 15.6. The van der Waals surface area contributed by atoms with E-state index < -0.39 is 5.60 Å². The number of aliphatic hydroxyl groups excluding tert-OH is 1. The highest BCUT2D eigenvalue weighted by Gasteiger charge is 2.22. The molecule has 0 amide bonds. The Hall–Kier alpha value is -1.75. The van der Waals surface area contributed by atoms with Crippen molar-refractivity contribution in [2.24, 2.45) is 0 Å². The van der Waals surface area contributed by atoms with Gasteiger partial charge in [-0.15, -0.1) is 0 Å². The van der Waals surface area contributed by atoms with Crippen molar-refractivity contribution in [3.05, 3.63) is 66.0 Å². The van der Waals surface area contributed by atoms with E-state index >= 15 is 0 Å². The standard InChI is InChI=1S/C16H20N2O2/c1-16(20,12-19)11-18-15(13-5-3-2-4-6-13)14-7-9-17-10-8-14/h2-10,15,18-20H,11-12H2,1H3. The van der Waals surface area contributed by atoms with Crippen molar-refractivity contribution < 1.29 is 10.2 Å². The van der Waals surface area contributed by atoms with Gasteiger partial charge in [-0.25, -0.2) is 0 Å². The van der Waals surface area contributed by atoms with E-state index in [2.05, 4.69) is 10.3 Å². The minimum atomic E-state index is -1.14. The third-order valence-electron chi connectivity index (χ3n) is 3.20. The highest BCUT2D eigenvalue weighted by atomic mass is 16.3. The molecule has 0 saturated carbocycles. The molecule has 1 aromatic carbocycles. The third kappa shape index (κ3) is 3.87. The Morgan fingerprint density at radius 1 is 1.10 bits per heavy atom. The van der Waals surface area contributed by atoms with Crippen molar-refractivity contribution in [3.63, 3.8) is 0 Å². The summed E-state index contributed by atoms with van der Waals surface area (Å²) in [6, 6.07) is 13.8. The van der Waals surface area contributed by atoms with Crippen molar-refractivity contribution in [3.8, 4) is 0 Å². The summed E-state index contributed by atoms with van der Waals surface area (Å²) in [5, 5.41) is 22.4. The molecule has 2 aromatic rings. The molecule has 0 bridgehead atoms. The van der Waals surface area contributed by atoms with Crippen LogP contribution in [0, 0.1) is 0 Å². The van der Waals surface area contributed by atoms with E-state index in [4.69, 9.17) is 5.11 Å². The van der Waals surface area contributed by atoms with Crippen LogP contribution < -0.4 is 5.32 Å². The summed E-state index contributed by atoms with van der Waals surface area (Å²) in [5.74, 6) is 0. The molecule has 3 N–H and O–H groups in total. The molecule has 0 aliphatic heterocycles. The number of aromatic nitrogens is 1. The molecule has 0 aliphatic rings. The molecule has 0 fully saturated rings. The number of nitrogens with zero attached hydrogens (tertiary/aromatic N) is 1. The number of aliphatic hydroxyl groups is 2. The minimum Gasteiger partial charge on any atom is -0.393 e. The van der Waals surface area contributed by atoms with Crippen LogP contribution in [-0.2, 0) is 0 Å². The van der Waals surface area contributed by atoms with Gasteiger partial charge in [0.05, 0.1) is 18.2 Å². The molecule has 106 valence electrons. The van der Waals surface area contributed by atoms with Crippen molar-refractivity contribution in [2.75, 3.05) is 13.2 Å². The van der Waals surface area contributed by atoms with Crippen LogP contribution in [-0.4, -0.2) is 33.9 Å². The van der Waals surface area contributed by atoms with Gasteiger partial charge in [-0.3, -0.25) is 4.98 Å². The number of hydrogen-bond donors (Lipinski definition) is 3. The molecule has 4 heteroatoms. The molecule has 0 aliphatic carbocycles. The maximum absolute atomic E-state index is 9.94. The van der Waals surface area contributed by atoms with Gasteiger partial charge in [-0.1, -0.05) is 30.3 Å². The minimum absolute atomic E-state index is 0.0442. The average Bonchev–Trinajstić information content (AvgIpc) is 2.49. The Kier molecular flexibility index (Phi) is 4.84. The van der Waals surface area contributed by atoms with Gasteiger partial charge in [-0.2, -0.15) is 0 Å². The monoisotopic (exact) mass is 272 g/mol. The predicted molar refractivity (Wildman–Crippen MR) is 78.2 cm³/mol. The smallest absolute Gasteiger partial charge is 0.0973 e. The van der Waals surface area contributed by atoms with Crippen LogP contribution in [0.15, 0.2) is 54.9 Å². The largest absolute Gasteiger partial charge is 0.393 e. The molecule has 4 nitrogen and oxygen atoms in total. The number of rotatable bonds is 6. The second kappa shape index (κ2) is 6.61. The molecular weight excluding hydrogens is 252 g/mol. The Morgan fingerprint density at radius 3 is 2.30 bits per heavy atom. The number of hydrogen-bond acceptors (Lipinski definition) is 4. The highest BCUT2D eigenvalue weighted by Crippen LogP contribution is 2.21. The fourth-order valence-electron chi connectivity index (χ4n) is 2.01. The molecule has 2 atom stereocenters. The van der Waals surface area contributed by atoms with Crippen molar-refractivity contribution in [2.45, 2.75) is 18.6 Å². The summed E-state index contributed by atoms with van der Waals surface area (Å²) in [7, 11) is 0. The Bertz CT molecular complexity index is 475. The van der Waals surface area contributed by atoms with Gasteiger partial charge < -0.3 is 15.5 Å². The Morgan fingerprint density at radius 2 is 1.70 bits per heavy atom. The van der Waals surface area contributed by atoms with E-state index in [-0.39, 0.29) is 12.6 Å². The van der Waals surface area contributed by atoms with Crippen LogP contribution in [0.3, 0.4) is 0 Å². The molecular formula is C16H20N2O2. The first kappa shape index (κ1) is 14.7. The van der Waals surface area contributed by atoms with Crippen LogP contribution in [0.2, 0.25) is 0 Å². The maximum Gasteiger partial charge on any atom is 0.0973 e. The van der Waals surface area contributed by atoms with Crippen molar-refractivity contribution in [1.29, 1.82) is 0 Å². The van der Waals surface area contributed by atoms with Gasteiger partial charge in [0.25, 0.3) is 0 Å². The summed E-state index contributed by atoms with van der Waals surface area (Å²) in [6.45, 7) is 1.62. The maximum atomic E-state index is 9.94. The van der Waals surface area contributed by atoms with Gasteiger partial charge in [0.15, 0.2) is 0 Å². The molecule has 0 spiro atoms. The SMILES string of the molecule is CC(O)(CO)CNC(c1ccccc1)c1ccncc1. The first-order valence-corrected chi connectivity index (χ1v) is 6.64. The van der Waals surface area contributed by atoms with Crippen LogP contribution in [0.5, 0.6) is 0 Å².